The van der Waals surface area contributed by atoms with Crippen molar-refractivity contribution in [3.05, 3.63) is 24.3 Å². The van der Waals surface area contributed by atoms with Gasteiger partial charge in [0.25, 0.3) is 0 Å². The molecule has 0 unspecified atom stereocenters. The molecule has 0 bridgehead atoms. The minimum Gasteiger partial charge on any atom is -0.0914 e. The summed E-state index contributed by atoms with van der Waals surface area (Å²) in [4.78, 5) is 0. The van der Waals surface area contributed by atoms with Crippen molar-refractivity contribution in [3.8, 4) is 0 Å². The molecular formula is C30H52. The van der Waals surface area contributed by atoms with E-state index in [0.717, 1.165) is 35.5 Å². The van der Waals surface area contributed by atoms with Crippen LogP contribution in [0.15, 0.2) is 24.3 Å². The van der Waals surface area contributed by atoms with Crippen molar-refractivity contribution in [1.82, 2.24) is 0 Å². The molecule has 3 rings (SSSR count). The summed E-state index contributed by atoms with van der Waals surface area (Å²) in [5, 5.41) is 0. The molecule has 172 valence electrons. The lowest BCUT2D eigenvalue weighted by Gasteiger charge is -2.37. The first kappa shape index (κ1) is 24.1. The zero-order valence-electron chi connectivity index (χ0n) is 20.5. The molecule has 0 amide bonds. The van der Waals surface area contributed by atoms with E-state index in [9.17, 15) is 0 Å². The molecule has 0 aromatic heterocycles. The Labute approximate surface area is 189 Å². The SMILES string of the molecule is CC=CC1CCC(CCC=CC2CCC(C3CCC(CCCCC)CC3)CC2)CC1. The van der Waals surface area contributed by atoms with Gasteiger partial charge in [-0.05, 0) is 119 Å². The highest BCUT2D eigenvalue weighted by molar-refractivity contribution is 4.94. The first-order valence-electron chi connectivity index (χ1n) is 14.1. The summed E-state index contributed by atoms with van der Waals surface area (Å²) in [6, 6.07) is 0. The van der Waals surface area contributed by atoms with Gasteiger partial charge >= 0.3 is 0 Å². The van der Waals surface area contributed by atoms with Crippen LogP contribution in [0.4, 0.5) is 0 Å². The fraction of sp³-hybridized carbons (Fsp3) is 0.867. The number of unbranched alkanes of at least 4 members (excludes halogenated alkanes) is 2. The van der Waals surface area contributed by atoms with Crippen molar-refractivity contribution in [2.24, 2.45) is 35.5 Å². The molecule has 0 heterocycles. The molecule has 0 aromatic carbocycles. The lowest BCUT2D eigenvalue weighted by atomic mass is 9.68. The van der Waals surface area contributed by atoms with Gasteiger partial charge in [0.05, 0.1) is 0 Å². The third-order valence-electron chi connectivity index (χ3n) is 9.10. The summed E-state index contributed by atoms with van der Waals surface area (Å²) in [5.74, 6) is 6.01. The molecule has 0 aliphatic heterocycles. The minimum absolute atomic E-state index is 0.882. The zero-order valence-corrected chi connectivity index (χ0v) is 20.5. The highest BCUT2D eigenvalue weighted by atomic mass is 14.4. The Morgan fingerprint density at radius 2 is 1.13 bits per heavy atom. The monoisotopic (exact) mass is 412 g/mol. The van der Waals surface area contributed by atoms with E-state index in [0.29, 0.717) is 0 Å². The molecule has 30 heavy (non-hydrogen) atoms. The van der Waals surface area contributed by atoms with Gasteiger partial charge in [0, 0.05) is 0 Å². The fourth-order valence-electron chi connectivity index (χ4n) is 7.00. The van der Waals surface area contributed by atoms with Gasteiger partial charge < -0.3 is 0 Å². The van der Waals surface area contributed by atoms with E-state index in [1.165, 1.54) is 89.9 Å². The summed E-state index contributed by atoms with van der Waals surface area (Å²) < 4.78 is 0. The Morgan fingerprint density at radius 3 is 1.77 bits per heavy atom. The molecule has 0 nitrogen and oxygen atoms in total. The van der Waals surface area contributed by atoms with Crippen molar-refractivity contribution in [2.45, 2.75) is 129 Å². The Hall–Kier alpha value is -0.520. The molecule has 0 atom stereocenters. The van der Waals surface area contributed by atoms with Crippen molar-refractivity contribution in [2.75, 3.05) is 0 Å². The van der Waals surface area contributed by atoms with Crippen LogP contribution in [-0.4, -0.2) is 0 Å². The van der Waals surface area contributed by atoms with Crippen LogP contribution in [0.5, 0.6) is 0 Å². The molecule has 0 radical (unpaired) electrons. The first-order chi connectivity index (χ1) is 14.8. The Balaban J connectivity index is 1.24. The lowest BCUT2D eigenvalue weighted by molar-refractivity contribution is 0.151. The minimum atomic E-state index is 0.882. The summed E-state index contributed by atoms with van der Waals surface area (Å²) in [6.45, 7) is 4.50. The quantitative estimate of drug-likeness (QED) is 0.247. The Morgan fingerprint density at radius 1 is 0.600 bits per heavy atom. The Bertz CT molecular complexity index is 476. The van der Waals surface area contributed by atoms with Crippen LogP contribution in [0, 0.1) is 35.5 Å². The summed E-state index contributed by atoms with van der Waals surface area (Å²) in [6.07, 6.45) is 36.5. The van der Waals surface area contributed by atoms with E-state index in [4.69, 9.17) is 0 Å². The maximum atomic E-state index is 2.62. The van der Waals surface area contributed by atoms with E-state index in [1.807, 2.05) is 0 Å². The van der Waals surface area contributed by atoms with Gasteiger partial charge in [0.1, 0.15) is 0 Å². The molecule has 0 spiro atoms. The average molecular weight is 413 g/mol. The Kier molecular flexibility index (Phi) is 11.1. The van der Waals surface area contributed by atoms with E-state index < -0.39 is 0 Å². The molecule has 3 fully saturated rings. The maximum absolute atomic E-state index is 2.62. The lowest BCUT2D eigenvalue weighted by Crippen LogP contribution is -2.25. The standard InChI is InChI=1S/C30H52/c1-3-5-6-10-27-17-21-29(22-18-27)30-23-19-28(20-24-30)12-8-7-11-26-15-13-25(9-4-2)14-16-26/h4,8-9,12,25-30H,3,5-7,10-11,13-24H2,1-2H3. The maximum Gasteiger partial charge on any atom is -0.0233 e. The van der Waals surface area contributed by atoms with Crippen LogP contribution in [0.2, 0.25) is 0 Å². The second kappa shape index (κ2) is 13.8. The molecule has 3 saturated carbocycles. The van der Waals surface area contributed by atoms with Gasteiger partial charge in [-0.3, -0.25) is 0 Å². The molecule has 0 aromatic rings. The summed E-state index contributed by atoms with van der Waals surface area (Å²) >= 11 is 0. The second-order valence-corrected chi connectivity index (χ2v) is 11.3. The number of hydrogen-bond acceptors (Lipinski definition) is 0. The van der Waals surface area contributed by atoms with Gasteiger partial charge in [-0.25, -0.2) is 0 Å². The van der Waals surface area contributed by atoms with Crippen LogP contribution in [-0.2, 0) is 0 Å². The van der Waals surface area contributed by atoms with Crippen LogP contribution >= 0.6 is 0 Å². The molecule has 0 N–H and O–H groups in total. The van der Waals surface area contributed by atoms with E-state index >= 15 is 0 Å². The molecule has 0 saturated heterocycles. The largest absolute Gasteiger partial charge is 0.0914 e. The number of allylic oxidation sites excluding steroid dienone is 4. The summed E-state index contributed by atoms with van der Waals surface area (Å²) in [7, 11) is 0. The first-order valence-corrected chi connectivity index (χ1v) is 14.1. The fourth-order valence-corrected chi connectivity index (χ4v) is 7.00. The van der Waals surface area contributed by atoms with Crippen LogP contribution < -0.4 is 0 Å². The van der Waals surface area contributed by atoms with E-state index in [-0.39, 0.29) is 0 Å². The van der Waals surface area contributed by atoms with E-state index in [1.54, 1.807) is 25.7 Å². The molecule has 0 heteroatoms. The van der Waals surface area contributed by atoms with Gasteiger partial charge in [0.15, 0.2) is 0 Å². The van der Waals surface area contributed by atoms with Crippen molar-refractivity contribution in [3.63, 3.8) is 0 Å². The van der Waals surface area contributed by atoms with Gasteiger partial charge in [-0.15, -0.1) is 0 Å². The highest BCUT2D eigenvalue weighted by Crippen LogP contribution is 2.42. The summed E-state index contributed by atoms with van der Waals surface area (Å²) in [5.41, 5.74) is 0. The molecule has 3 aliphatic carbocycles. The van der Waals surface area contributed by atoms with Crippen LogP contribution in [0.1, 0.15) is 129 Å². The normalized spacial score (nSPS) is 35.9. The van der Waals surface area contributed by atoms with Gasteiger partial charge in [-0.1, -0.05) is 69.8 Å². The van der Waals surface area contributed by atoms with Crippen molar-refractivity contribution in [1.29, 1.82) is 0 Å². The number of rotatable bonds is 10. The second-order valence-electron chi connectivity index (χ2n) is 11.3. The third-order valence-corrected chi connectivity index (χ3v) is 9.10. The predicted molar refractivity (Wildman–Crippen MR) is 134 cm³/mol. The average Bonchev–Trinajstić information content (AvgIpc) is 2.79. The van der Waals surface area contributed by atoms with E-state index in [2.05, 4.69) is 38.2 Å². The van der Waals surface area contributed by atoms with Gasteiger partial charge in [0.2, 0.25) is 0 Å². The molecule has 3 aliphatic rings. The van der Waals surface area contributed by atoms with Gasteiger partial charge in [-0.2, -0.15) is 0 Å². The van der Waals surface area contributed by atoms with Crippen LogP contribution in [0.3, 0.4) is 0 Å². The molecular weight excluding hydrogens is 360 g/mol. The highest BCUT2D eigenvalue weighted by Gasteiger charge is 2.30. The van der Waals surface area contributed by atoms with Crippen molar-refractivity contribution >= 4 is 0 Å². The smallest absolute Gasteiger partial charge is 0.0233 e. The van der Waals surface area contributed by atoms with Crippen molar-refractivity contribution < 1.29 is 0 Å². The zero-order chi connectivity index (χ0) is 21.0. The topological polar surface area (TPSA) is 0 Å². The predicted octanol–water partition coefficient (Wildman–Crippen LogP) is 9.90. The third kappa shape index (κ3) is 8.20. The van der Waals surface area contributed by atoms with Crippen LogP contribution in [0.25, 0.3) is 0 Å². The number of hydrogen-bond donors (Lipinski definition) is 0.